The summed E-state index contributed by atoms with van der Waals surface area (Å²) in [6.07, 6.45) is 0.955. The van der Waals surface area contributed by atoms with E-state index in [1.165, 1.54) is 6.07 Å². The van der Waals surface area contributed by atoms with E-state index in [1.807, 2.05) is 0 Å². The molecule has 1 rings (SSSR count). The van der Waals surface area contributed by atoms with Gasteiger partial charge < -0.3 is 24.4 Å². The van der Waals surface area contributed by atoms with Crippen LogP contribution in [0.4, 0.5) is 4.79 Å². The Morgan fingerprint density at radius 3 is 2.35 bits per heavy atom. The van der Waals surface area contributed by atoms with Gasteiger partial charge in [0.1, 0.15) is 0 Å². The molecule has 0 aliphatic carbocycles. The number of phenolic OH excluding ortho intramolecular Hbond substituents is 1. The number of esters is 1. The lowest BCUT2D eigenvalue weighted by Gasteiger charge is -2.08. The minimum atomic E-state index is -1.22. The van der Waals surface area contributed by atoms with E-state index in [9.17, 15) is 19.5 Å². The van der Waals surface area contributed by atoms with E-state index in [0.29, 0.717) is 12.8 Å². The Balaban J connectivity index is 2.30. The van der Waals surface area contributed by atoms with Gasteiger partial charge in [0.25, 0.3) is 0 Å². The summed E-state index contributed by atoms with van der Waals surface area (Å²) in [5, 5.41) is 18.3. The average Bonchev–Trinajstić information content (AvgIpc) is 2.52. The zero-order valence-electron chi connectivity index (χ0n) is 12.2. The average molecular weight is 324 g/mol. The third-order valence-electron chi connectivity index (χ3n) is 2.57. The Morgan fingerprint density at radius 2 is 1.78 bits per heavy atom. The van der Waals surface area contributed by atoms with Crippen molar-refractivity contribution in [3.63, 3.8) is 0 Å². The molecule has 1 aromatic carbocycles. The zero-order chi connectivity index (χ0) is 17.2. The standard InChI is InChI=1S/C15H16O8/c1-2-13(17)21-7-3-4-8-22-15(20)23-12-6-5-10(14(18)19)9-11(12)16/h2,5-6,9,16H,1,3-4,7-8H2,(H,18,19). The Bertz CT molecular complexity index is 593. The van der Waals surface area contributed by atoms with Crippen LogP contribution in [0.1, 0.15) is 23.2 Å². The number of hydrogen-bond acceptors (Lipinski definition) is 7. The highest BCUT2D eigenvalue weighted by molar-refractivity contribution is 5.88. The second-order valence-electron chi connectivity index (χ2n) is 4.27. The highest BCUT2D eigenvalue weighted by Gasteiger charge is 2.13. The van der Waals surface area contributed by atoms with Crippen LogP contribution in [0, 0.1) is 0 Å². The van der Waals surface area contributed by atoms with Crippen molar-refractivity contribution in [3.05, 3.63) is 36.4 Å². The summed E-state index contributed by atoms with van der Waals surface area (Å²) in [5.41, 5.74) is -0.141. The fraction of sp³-hybridized carbons (Fsp3) is 0.267. The number of rotatable bonds is 8. The third-order valence-corrected chi connectivity index (χ3v) is 2.57. The van der Waals surface area contributed by atoms with Crippen LogP contribution < -0.4 is 4.74 Å². The normalized spacial score (nSPS) is 9.74. The van der Waals surface area contributed by atoms with E-state index in [4.69, 9.17) is 19.3 Å². The Hall–Kier alpha value is -3.03. The number of aromatic hydroxyl groups is 1. The number of unbranched alkanes of at least 4 members (excludes halogenated alkanes) is 1. The summed E-state index contributed by atoms with van der Waals surface area (Å²) >= 11 is 0. The van der Waals surface area contributed by atoms with Gasteiger partial charge in [-0.05, 0) is 31.0 Å². The zero-order valence-corrected chi connectivity index (χ0v) is 12.2. The fourth-order valence-electron chi connectivity index (χ4n) is 1.45. The second kappa shape index (κ2) is 9.08. The van der Waals surface area contributed by atoms with Crippen molar-refractivity contribution < 1.29 is 38.8 Å². The number of hydrogen-bond donors (Lipinski definition) is 2. The van der Waals surface area contributed by atoms with Gasteiger partial charge in [0.05, 0.1) is 18.8 Å². The van der Waals surface area contributed by atoms with E-state index < -0.39 is 23.8 Å². The third kappa shape index (κ3) is 6.51. The predicted octanol–water partition coefficient (Wildman–Crippen LogP) is 2.12. The van der Waals surface area contributed by atoms with E-state index in [1.54, 1.807) is 0 Å². The first kappa shape index (κ1) is 18.0. The van der Waals surface area contributed by atoms with Gasteiger partial charge in [0, 0.05) is 6.08 Å². The monoisotopic (exact) mass is 324 g/mol. The topological polar surface area (TPSA) is 119 Å². The second-order valence-corrected chi connectivity index (χ2v) is 4.27. The lowest BCUT2D eigenvalue weighted by Crippen LogP contribution is -2.12. The van der Waals surface area contributed by atoms with E-state index in [2.05, 4.69) is 6.58 Å². The Morgan fingerprint density at radius 1 is 1.13 bits per heavy atom. The van der Waals surface area contributed by atoms with Gasteiger partial charge >= 0.3 is 18.1 Å². The molecule has 8 nitrogen and oxygen atoms in total. The molecular formula is C15H16O8. The number of phenols is 1. The van der Waals surface area contributed by atoms with Crippen LogP contribution in [0.2, 0.25) is 0 Å². The van der Waals surface area contributed by atoms with Crippen LogP contribution in [0.15, 0.2) is 30.9 Å². The number of aromatic carboxylic acids is 1. The first-order valence-electron chi connectivity index (χ1n) is 6.64. The summed E-state index contributed by atoms with van der Waals surface area (Å²) in [4.78, 5) is 32.8. The molecule has 0 spiro atoms. The van der Waals surface area contributed by atoms with Crippen LogP contribution in [0.5, 0.6) is 11.5 Å². The van der Waals surface area contributed by atoms with Crippen molar-refractivity contribution in [3.8, 4) is 11.5 Å². The highest BCUT2D eigenvalue weighted by Crippen LogP contribution is 2.27. The molecule has 23 heavy (non-hydrogen) atoms. The molecule has 0 saturated carbocycles. The molecular weight excluding hydrogens is 308 g/mol. The van der Waals surface area contributed by atoms with Crippen LogP contribution in [0.25, 0.3) is 0 Å². The molecule has 1 aromatic rings. The molecule has 0 unspecified atom stereocenters. The molecule has 0 bridgehead atoms. The lowest BCUT2D eigenvalue weighted by molar-refractivity contribution is -0.137. The Kier molecular flexibility index (Phi) is 7.12. The SMILES string of the molecule is C=CC(=O)OCCCCOC(=O)Oc1ccc(C(=O)O)cc1O. The fourth-order valence-corrected chi connectivity index (χ4v) is 1.45. The Labute approximate surface area is 131 Å². The molecule has 0 radical (unpaired) electrons. The first-order valence-corrected chi connectivity index (χ1v) is 6.64. The van der Waals surface area contributed by atoms with Gasteiger partial charge in [0.2, 0.25) is 0 Å². The minimum Gasteiger partial charge on any atom is -0.504 e. The number of ether oxygens (including phenoxy) is 3. The predicted molar refractivity (Wildman–Crippen MR) is 77.4 cm³/mol. The molecule has 0 saturated heterocycles. The van der Waals surface area contributed by atoms with E-state index in [0.717, 1.165) is 18.2 Å². The van der Waals surface area contributed by atoms with Crippen molar-refractivity contribution >= 4 is 18.1 Å². The maximum atomic E-state index is 11.4. The first-order chi connectivity index (χ1) is 10.9. The molecule has 0 fully saturated rings. The van der Waals surface area contributed by atoms with Gasteiger partial charge in [-0.1, -0.05) is 6.58 Å². The smallest absolute Gasteiger partial charge is 0.504 e. The molecule has 8 heteroatoms. The molecule has 0 aliphatic rings. The van der Waals surface area contributed by atoms with E-state index >= 15 is 0 Å². The van der Waals surface area contributed by atoms with Crippen LogP contribution in [-0.4, -0.2) is 41.5 Å². The maximum Gasteiger partial charge on any atom is 0.513 e. The molecule has 124 valence electrons. The summed E-state index contributed by atoms with van der Waals surface area (Å²) in [7, 11) is 0. The van der Waals surface area contributed by atoms with Gasteiger partial charge in [-0.15, -0.1) is 0 Å². The van der Waals surface area contributed by atoms with Crippen LogP contribution in [0.3, 0.4) is 0 Å². The minimum absolute atomic E-state index is 0.0401. The molecule has 0 atom stereocenters. The number of carbonyl (C=O) groups excluding carboxylic acids is 2. The van der Waals surface area contributed by atoms with Crippen molar-refractivity contribution in [2.24, 2.45) is 0 Å². The summed E-state index contributed by atoms with van der Waals surface area (Å²) in [5.74, 6) is -2.43. The molecule has 2 N–H and O–H groups in total. The number of carboxylic acid groups (broad SMARTS) is 1. The van der Waals surface area contributed by atoms with E-state index in [-0.39, 0.29) is 24.5 Å². The molecule has 0 amide bonds. The number of benzene rings is 1. The quantitative estimate of drug-likeness (QED) is 0.323. The van der Waals surface area contributed by atoms with Crippen molar-refractivity contribution in [2.45, 2.75) is 12.8 Å². The maximum absolute atomic E-state index is 11.4. The number of carboxylic acids is 1. The van der Waals surface area contributed by atoms with Crippen LogP contribution in [-0.2, 0) is 14.3 Å². The van der Waals surface area contributed by atoms with Crippen molar-refractivity contribution in [2.75, 3.05) is 13.2 Å². The summed E-state index contributed by atoms with van der Waals surface area (Å²) < 4.78 is 14.2. The van der Waals surface area contributed by atoms with Crippen molar-refractivity contribution in [1.29, 1.82) is 0 Å². The number of carbonyl (C=O) groups is 3. The van der Waals surface area contributed by atoms with Crippen molar-refractivity contribution in [1.82, 2.24) is 0 Å². The lowest BCUT2D eigenvalue weighted by atomic mass is 10.2. The molecule has 0 aliphatic heterocycles. The largest absolute Gasteiger partial charge is 0.513 e. The summed E-state index contributed by atoms with van der Waals surface area (Å²) in [6.45, 7) is 3.47. The highest BCUT2D eigenvalue weighted by atomic mass is 16.7. The van der Waals surface area contributed by atoms with Crippen LogP contribution >= 0.6 is 0 Å². The summed E-state index contributed by atoms with van der Waals surface area (Å²) in [6, 6.07) is 3.28. The van der Waals surface area contributed by atoms with Gasteiger partial charge in [-0.3, -0.25) is 0 Å². The van der Waals surface area contributed by atoms with Gasteiger partial charge in [-0.2, -0.15) is 0 Å². The molecule has 0 aromatic heterocycles. The molecule has 0 heterocycles. The van der Waals surface area contributed by atoms with Gasteiger partial charge in [-0.25, -0.2) is 14.4 Å². The van der Waals surface area contributed by atoms with Gasteiger partial charge in [0.15, 0.2) is 11.5 Å².